The van der Waals surface area contributed by atoms with Gasteiger partial charge in [-0.15, -0.1) is 0 Å². The van der Waals surface area contributed by atoms with Gasteiger partial charge in [0.2, 0.25) is 0 Å². The van der Waals surface area contributed by atoms with Gasteiger partial charge in [-0.25, -0.2) is 0 Å². The minimum Gasteiger partial charge on any atom is -0.317 e. The molecular weight excluding hydrogens is 404 g/mol. The van der Waals surface area contributed by atoms with Gasteiger partial charge in [0, 0.05) is 41.0 Å². The second-order valence-electron chi connectivity index (χ2n) is 10.2. The Balaban J connectivity index is 1.77. The minimum absolute atomic E-state index is 0.985. The fourth-order valence-corrected chi connectivity index (χ4v) is 4.59. The summed E-state index contributed by atoms with van der Waals surface area (Å²) < 4.78 is 0.985. The highest BCUT2D eigenvalue weighted by atomic mass is 28.1. The topological polar surface area (TPSA) is 12.0 Å². The molecular formula is C29H53N2Si+2. The number of allylic oxidation sites excluding steroid dienone is 5. The third-order valence-corrected chi connectivity index (χ3v) is 6.77. The summed E-state index contributed by atoms with van der Waals surface area (Å²) in [6.07, 6.45) is 35.7. The first-order valence-electron chi connectivity index (χ1n) is 13.7. The van der Waals surface area contributed by atoms with Gasteiger partial charge in [-0.2, -0.15) is 0 Å². The summed E-state index contributed by atoms with van der Waals surface area (Å²) in [5, 5.41) is 3.52. The van der Waals surface area contributed by atoms with Gasteiger partial charge in [-0.05, 0) is 38.8 Å². The average Bonchev–Trinajstić information content (AvgIpc) is 2.78. The monoisotopic (exact) mass is 457 g/mol. The van der Waals surface area contributed by atoms with Crippen LogP contribution in [-0.2, 0) is 0 Å². The molecule has 0 saturated heterocycles. The zero-order valence-corrected chi connectivity index (χ0v) is 22.6. The van der Waals surface area contributed by atoms with Crippen molar-refractivity contribution in [1.82, 2.24) is 5.32 Å². The van der Waals surface area contributed by atoms with Crippen LogP contribution in [0.1, 0.15) is 103 Å². The lowest BCUT2D eigenvalue weighted by molar-refractivity contribution is -0.839. The van der Waals surface area contributed by atoms with Crippen molar-refractivity contribution in [2.75, 3.05) is 33.7 Å². The first kappa shape index (κ1) is 29.3. The molecule has 0 heterocycles. The minimum atomic E-state index is 0.985. The van der Waals surface area contributed by atoms with Gasteiger partial charge in [0.1, 0.15) is 5.57 Å². The van der Waals surface area contributed by atoms with Crippen molar-refractivity contribution in [3.63, 3.8) is 0 Å². The van der Waals surface area contributed by atoms with Gasteiger partial charge in [-0.3, -0.25) is 4.48 Å². The van der Waals surface area contributed by atoms with Crippen LogP contribution in [0.5, 0.6) is 0 Å². The summed E-state index contributed by atoms with van der Waals surface area (Å²) in [7, 11) is 8.16. The van der Waals surface area contributed by atoms with E-state index in [2.05, 4.69) is 66.6 Å². The van der Waals surface area contributed by atoms with E-state index in [1.165, 1.54) is 121 Å². The van der Waals surface area contributed by atoms with Crippen molar-refractivity contribution in [2.24, 2.45) is 0 Å². The maximum atomic E-state index is 3.52. The third kappa shape index (κ3) is 18.8. The first-order valence-corrected chi connectivity index (χ1v) is 14.4. The summed E-state index contributed by atoms with van der Waals surface area (Å²) in [6.45, 7) is 3.61. The lowest BCUT2D eigenvalue weighted by Gasteiger charge is -2.22. The smallest absolute Gasteiger partial charge is 0.177 e. The van der Waals surface area contributed by atoms with Gasteiger partial charge in [0.25, 0.3) is 0 Å². The lowest BCUT2D eigenvalue weighted by atomic mass is 10.0. The summed E-state index contributed by atoms with van der Waals surface area (Å²) in [5.41, 5.74) is 1.34. The van der Waals surface area contributed by atoms with E-state index in [0.717, 1.165) is 17.1 Å². The Kier molecular flexibility index (Phi) is 19.0. The Morgan fingerprint density at radius 2 is 1.22 bits per heavy atom. The van der Waals surface area contributed by atoms with Crippen LogP contribution < -0.4 is 5.32 Å². The summed E-state index contributed by atoms with van der Waals surface area (Å²) in [5.74, 6) is 0. The molecule has 0 saturated carbocycles. The molecule has 0 spiro atoms. The van der Waals surface area contributed by atoms with Crippen molar-refractivity contribution < 1.29 is 4.48 Å². The zero-order valence-electron chi connectivity index (χ0n) is 21.6. The maximum absolute atomic E-state index is 3.52. The predicted molar refractivity (Wildman–Crippen MR) is 145 cm³/mol. The van der Waals surface area contributed by atoms with Gasteiger partial charge in [0.15, 0.2) is 6.20 Å². The Hall–Kier alpha value is -0.773. The fourth-order valence-electron chi connectivity index (χ4n) is 4.41. The summed E-state index contributed by atoms with van der Waals surface area (Å²) in [4.78, 5) is 0. The molecule has 1 aliphatic rings. The predicted octanol–water partition coefficient (Wildman–Crippen LogP) is 7.69. The van der Waals surface area contributed by atoms with E-state index in [0.29, 0.717) is 0 Å². The number of nitrogens with one attached hydrogen (secondary N) is 1. The highest BCUT2D eigenvalue weighted by molar-refractivity contribution is 6.08. The van der Waals surface area contributed by atoms with E-state index in [9.17, 15) is 0 Å². The molecule has 0 amide bonds. The highest BCUT2D eigenvalue weighted by Crippen LogP contribution is 2.16. The molecule has 0 unspecified atom stereocenters. The van der Waals surface area contributed by atoms with Crippen molar-refractivity contribution >= 4 is 10.2 Å². The van der Waals surface area contributed by atoms with Crippen LogP contribution in [0.15, 0.2) is 36.1 Å². The Labute approximate surface area is 205 Å². The van der Waals surface area contributed by atoms with E-state index >= 15 is 0 Å². The molecule has 0 fully saturated rings. The van der Waals surface area contributed by atoms with Crippen molar-refractivity contribution in [2.45, 2.75) is 109 Å². The molecule has 1 aliphatic carbocycles. The number of hydrogen-bond acceptors (Lipinski definition) is 1. The SMILES string of the molecule is C[N+](C)(C=C1C=CC=C[CH+]1)CCCCCCCCCCCCCCCCCNCCC[Si]. The van der Waals surface area contributed by atoms with Crippen molar-refractivity contribution in [3.8, 4) is 0 Å². The largest absolute Gasteiger partial charge is 0.317 e. The molecule has 0 aromatic carbocycles. The molecule has 2 nitrogen and oxygen atoms in total. The normalized spacial score (nSPS) is 14.9. The van der Waals surface area contributed by atoms with E-state index in [-0.39, 0.29) is 0 Å². The molecule has 1 N–H and O–H groups in total. The fraction of sp³-hybridized carbons (Fsp3) is 0.759. The van der Waals surface area contributed by atoms with Crippen LogP contribution in [0.3, 0.4) is 0 Å². The average molecular weight is 458 g/mol. The molecule has 181 valence electrons. The Bertz CT molecular complexity index is 507. The molecule has 3 heteroatoms. The standard InChI is InChI=1S/C29H53N2Si/c1-31(2,28-29-22-17-16-18-23-29)26-20-15-13-11-9-7-5-3-4-6-8-10-12-14-19-24-30-25-21-27-32/h16-18,22-23,28,30H,3-15,19-21,24-27H2,1-2H3/q+2. The van der Waals surface area contributed by atoms with Gasteiger partial charge in [-0.1, -0.05) is 83.1 Å². The second-order valence-corrected chi connectivity index (χ2v) is 10.7. The van der Waals surface area contributed by atoms with Gasteiger partial charge >= 0.3 is 0 Å². The zero-order chi connectivity index (χ0) is 23.2. The molecule has 0 atom stereocenters. The third-order valence-electron chi connectivity index (χ3n) is 6.42. The quantitative estimate of drug-likeness (QED) is 0.0760. The molecule has 0 aliphatic heterocycles. The van der Waals surface area contributed by atoms with Crippen LogP contribution in [0.4, 0.5) is 0 Å². The first-order chi connectivity index (χ1) is 15.6. The number of hydrogen-bond donors (Lipinski definition) is 1. The Morgan fingerprint density at radius 3 is 1.72 bits per heavy atom. The molecule has 32 heavy (non-hydrogen) atoms. The maximum Gasteiger partial charge on any atom is 0.177 e. The Morgan fingerprint density at radius 1 is 0.719 bits per heavy atom. The van der Waals surface area contributed by atoms with E-state index in [4.69, 9.17) is 0 Å². The van der Waals surface area contributed by atoms with Crippen LogP contribution in [0, 0.1) is 6.42 Å². The van der Waals surface area contributed by atoms with E-state index < -0.39 is 0 Å². The number of quaternary nitrogens is 1. The van der Waals surface area contributed by atoms with Crippen molar-refractivity contribution in [3.05, 3.63) is 42.5 Å². The highest BCUT2D eigenvalue weighted by Gasteiger charge is 2.17. The van der Waals surface area contributed by atoms with Crippen LogP contribution in [0.25, 0.3) is 0 Å². The van der Waals surface area contributed by atoms with Crippen LogP contribution in [0.2, 0.25) is 6.04 Å². The number of rotatable bonds is 22. The van der Waals surface area contributed by atoms with Gasteiger partial charge < -0.3 is 5.32 Å². The summed E-state index contributed by atoms with van der Waals surface area (Å²) in [6, 6.07) is 1.11. The van der Waals surface area contributed by atoms with Crippen molar-refractivity contribution in [1.29, 1.82) is 0 Å². The van der Waals surface area contributed by atoms with Crippen LogP contribution >= 0.6 is 0 Å². The second kappa shape index (κ2) is 20.8. The molecule has 1 rings (SSSR count). The molecule has 3 radical (unpaired) electrons. The summed E-state index contributed by atoms with van der Waals surface area (Å²) >= 11 is 0. The molecule has 0 bridgehead atoms. The number of nitrogens with zero attached hydrogens (tertiary/aromatic N) is 1. The molecule has 0 aromatic rings. The van der Waals surface area contributed by atoms with Crippen LogP contribution in [-0.4, -0.2) is 48.5 Å². The lowest BCUT2D eigenvalue weighted by Crippen LogP contribution is -2.34. The van der Waals surface area contributed by atoms with E-state index in [1.807, 2.05) is 0 Å². The molecule has 0 aromatic heterocycles. The van der Waals surface area contributed by atoms with Gasteiger partial charge in [0.05, 0.1) is 20.6 Å². The van der Waals surface area contributed by atoms with E-state index in [1.54, 1.807) is 0 Å². The number of unbranched alkanes of at least 4 members (excludes halogenated alkanes) is 14.